The first-order chi connectivity index (χ1) is 9.89. The molecule has 112 valence electrons. The van der Waals surface area contributed by atoms with E-state index in [9.17, 15) is 13.2 Å². The molecule has 0 atom stereocenters. The van der Waals surface area contributed by atoms with Gasteiger partial charge < -0.3 is 0 Å². The van der Waals surface area contributed by atoms with Crippen LogP contribution in [0, 0.1) is 9.54 Å². The Labute approximate surface area is 129 Å². The van der Waals surface area contributed by atoms with Crippen molar-refractivity contribution >= 4 is 24.4 Å². The van der Waals surface area contributed by atoms with Gasteiger partial charge >= 0.3 is 6.18 Å². The van der Waals surface area contributed by atoms with Crippen molar-refractivity contribution in [2.24, 2.45) is 0 Å². The third-order valence-electron chi connectivity index (χ3n) is 3.54. The van der Waals surface area contributed by atoms with Gasteiger partial charge in [0.05, 0.1) is 11.3 Å². The highest BCUT2D eigenvalue weighted by atomic mass is 32.1. The summed E-state index contributed by atoms with van der Waals surface area (Å²) in [5, 5.41) is 0. The van der Waals surface area contributed by atoms with Crippen molar-refractivity contribution in [3.63, 3.8) is 0 Å². The Morgan fingerprint density at radius 1 is 0.952 bits per heavy atom. The molecule has 1 aromatic heterocycles. The van der Waals surface area contributed by atoms with Crippen LogP contribution in [0.3, 0.4) is 0 Å². The molecule has 0 spiro atoms. The molecular weight excluding hydrogens is 319 g/mol. The zero-order valence-corrected chi connectivity index (χ0v) is 12.6. The fraction of sp³-hybridized carbons (Fsp3) is 0.385. The summed E-state index contributed by atoms with van der Waals surface area (Å²) in [5.74, 6) is 0. The number of aromatic nitrogens is 3. The third-order valence-corrected chi connectivity index (χ3v) is 4.32. The summed E-state index contributed by atoms with van der Waals surface area (Å²) in [7, 11) is 0. The quantitative estimate of drug-likeness (QED) is 0.722. The maximum Gasteiger partial charge on any atom is 0.416 e. The predicted octanol–water partition coefficient (Wildman–Crippen LogP) is 4.35. The Bertz CT molecular complexity index is 761. The van der Waals surface area contributed by atoms with E-state index in [4.69, 9.17) is 24.4 Å². The van der Waals surface area contributed by atoms with Crippen molar-refractivity contribution in [3.05, 3.63) is 39.4 Å². The fourth-order valence-corrected chi connectivity index (χ4v) is 3.34. The molecule has 0 bridgehead atoms. The highest BCUT2D eigenvalue weighted by Crippen LogP contribution is 2.30. The second-order valence-electron chi connectivity index (χ2n) is 4.90. The first kappa shape index (κ1) is 14.5. The maximum atomic E-state index is 12.8. The molecule has 8 heteroatoms. The van der Waals surface area contributed by atoms with Crippen LogP contribution in [0.25, 0.3) is 5.69 Å². The zero-order chi connectivity index (χ0) is 15.2. The lowest BCUT2D eigenvalue weighted by Gasteiger charge is -2.15. The van der Waals surface area contributed by atoms with Crippen LogP contribution in [0.5, 0.6) is 0 Å². The summed E-state index contributed by atoms with van der Waals surface area (Å²) >= 11 is 10.8. The molecule has 0 amide bonds. The minimum atomic E-state index is -4.38. The lowest BCUT2D eigenvalue weighted by Crippen LogP contribution is -2.18. The lowest BCUT2D eigenvalue weighted by molar-refractivity contribution is -0.137. The van der Waals surface area contributed by atoms with Crippen LogP contribution in [0.15, 0.2) is 24.3 Å². The molecule has 1 aromatic carbocycles. The van der Waals surface area contributed by atoms with Crippen LogP contribution in [0.1, 0.15) is 18.4 Å². The van der Waals surface area contributed by atoms with Gasteiger partial charge in [-0.15, -0.1) is 0 Å². The third kappa shape index (κ3) is 2.46. The Hall–Kier alpha value is -1.41. The molecular formula is C13H12F3N3S2. The zero-order valence-electron chi connectivity index (χ0n) is 10.9. The van der Waals surface area contributed by atoms with Crippen LogP contribution in [-0.2, 0) is 19.3 Å². The number of benzene rings is 1. The van der Waals surface area contributed by atoms with Gasteiger partial charge in [0.15, 0.2) is 0 Å². The monoisotopic (exact) mass is 331 g/mol. The summed E-state index contributed by atoms with van der Waals surface area (Å²) < 4.78 is 44.7. The second kappa shape index (κ2) is 5.10. The Kier molecular flexibility index (Phi) is 3.53. The van der Waals surface area contributed by atoms with Gasteiger partial charge in [-0.05, 0) is 55.5 Å². The van der Waals surface area contributed by atoms with E-state index >= 15 is 0 Å². The summed E-state index contributed by atoms with van der Waals surface area (Å²) in [6.07, 6.45) is -2.39. The van der Waals surface area contributed by atoms with E-state index in [1.807, 2.05) is 9.36 Å². The summed E-state index contributed by atoms with van der Waals surface area (Å²) in [6, 6.07) is 5.08. The van der Waals surface area contributed by atoms with Gasteiger partial charge in [0.2, 0.25) is 9.54 Å². The van der Waals surface area contributed by atoms with Crippen molar-refractivity contribution < 1.29 is 13.2 Å². The van der Waals surface area contributed by atoms with E-state index in [2.05, 4.69) is 0 Å². The van der Waals surface area contributed by atoms with Gasteiger partial charge in [-0.1, -0.05) is 6.07 Å². The molecule has 0 aliphatic carbocycles. The van der Waals surface area contributed by atoms with Gasteiger partial charge in [-0.25, -0.2) is 0 Å². The smallest absolute Gasteiger partial charge is 0.261 e. The van der Waals surface area contributed by atoms with Crippen LogP contribution < -0.4 is 0 Å². The molecule has 0 saturated carbocycles. The van der Waals surface area contributed by atoms with Crippen LogP contribution in [0.2, 0.25) is 0 Å². The fourth-order valence-electron chi connectivity index (χ4n) is 2.52. The molecule has 21 heavy (non-hydrogen) atoms. The molecule has 0 saturated heterocycles. The average molecular weight is 331 g/mol. The molecule has 1 aliphatic rings. The average Bonchev–Trinajstić information content (AvgIpc) is 2.71. The van der Waals surface area contributed by atoms with Crippen LogP contribution >= 0.6 is 24.4 Å². The van der Waals surface area contributed by atoms with Crippen molar-refractivity contribution in [3.8, 4) is 5.69 Å². The largest absolute Gasteiger partial charge is 0.416 e. The van der Waals surface area contributed by atoms with Gasteiger partial charge in [0, 0.05) is 13.1 Å². The highest BCUT2D eigenvalue weighted by Gasteiger charge is 2.30. The molecule has 0 fully saturated rings. The first-order valence-corrected chi connectivity index (χ1v) is 7.31. The first-order valence-electron chi connectivity index (χ1n) is 6.50. The number of hydrogen-bond donors (Lipinski definition) is 0. The molecule has 0 radical (unpaired) electrons. The van der Waals surface area contributed by atoms with E-state index in [0.717, 1.165) is 38.1 Å². The Balaban J connectivity index is 2.21. The second-order valence-corrected chi connectivity index (χ2v) is 5.63. The molecule has 3 rings (SSSR count). The van der Waals surface area contributed by atoms with Crippen LogP contribution in [-0.4, -0.2) is 13.9 Å². The molecule has 2 aromatic rings. The maximum absolute atomic E-state index is 12.8. The van der Waals surface area contributed by atoms with Crippen molar-refractivity contribution in [1.29, 1.82) is 0 Å². The molecule has 0 unspecified atom stereocenters. The van der Waals surface area contributed by atoms with E-state index in [-0.39, 0.29) is 0 Å². The lowest BCUT2D eigenvalue weighted by atomic mass is 10.2. The molecule has 2 heterocycles. The van der Waals surface area contributed by atoms with E-state index in [1.165, 1.54) is 10.6 Å². The Morgan fingerprint density at radius 3 is 2.05 bits per heavy atom. The molecule has 0 N–H and O–H groups in total. The van der Waals surface area contributed by atoms with Gasteiger partial charge in [-0.3, -0.25) is 13.9 Å². The minimum absolute atomic E-state index is 0.356. The highest BCUT2D eigenvalue weighted by molar-refractivity contribution is 7.72. The van der Waals surface area contributed by atoms with E-state index in [1.54, 1.807) is 6.07 Å². The SMILES string of the molecule is FC(F)(F)c1cccc(-n2c(=S)n3n(c2=S)CCCC3)c1. The van der Waals surface area contributed by atoms with Gasteiger partial charge in [0.1, 0.15) is 0 Å². The van der Waals surface area contributed by atoms with Crippen molar-refractivity contribution in [1.82, 2.24) is 13.9 Å². The number of alkyl halides is 3. The molecule has 3 nitrogen and oxygen atoms in total. The summed E-state index contributed by atoms with van der Waals surface area (Å²) in [4.78, 5) is 0. The number of hydrogen-bond acceptors (Lipinski definition) is 2. The number of nitrogens with zero attached hydrogens (tertiary/aromatic N) is 3. The van der Waals surface area contributed by atoms with Gasteiger partial charge in [-0.2, -0.15) is 13.2 Å². The van der Waals surface area contributed by atoms with Crippen LogP contribution in [0.4, 0.5) is 13.2 Å². The predicted molar refractivity (Wildman–Crippen MR) is 77.7 cm³/mol. The molecule has 1 aliphatic heterocycles. The summed E-state index contributed by atoms with van der Waals surface area (Å²) in [6.45, 7) is 1.49. The number of fused-ring (bicyclic) bond motifs is 1. The van der Waals surface area contributed by atoms with Gasteiger partial charge in [0.25, 0.3) is 0 Å². The Morgan fingerprint density at radius 2 is 1.52 bits per heavy atom. The topological polar surface area (TPSA) is 14.8 Å². The van der Waals surface area contributed by atoms with E-state index < -0.39 is 11.7 Å². The van der Waals surface area contributed by atoms with E-state index in [0.29, 0.717) is 15.2 Å². The number of halogens is 3. The minimum Gasteiger partial charge on any atom is -0.261 e. The normalized spacial score (nSPS) is 15.0. The van der Waals surface area contributed by atoms with Crippen molar-refractivity contribution in [2.45, 2.75) is 32.1 Å². The van der Waals surface area contributed by atoms with Crippen molar-refractivity contribution in [2.75, 3.05) is 0 Å². The number of rotatable bonds is 1. The standard InChI is InChI=1S/C13H12F3N3S2/c14-13(15,16)9-4-3-5-10(8-9)19-11(20)17-6-1-2-7-18(17)12(19)21/h3-5,8H,1-2,6-7H2. The summed E-state index contributed by atoms with van der Waals surface area (Å²) in [5.41, 5.74) is -0.348.